The topological polar surface area (TPSA) is 160 Å². The van der Waals surface area contributed by atoms with Gasteiger partial charge in [0.2, 0.25) is 5.95 Å². The summed E-state index contributed by atoms with van der Waals surface area (Å²) in [7, 11) is 3.18. The Morgan fingerprint density at radius 3 is 2.42 bits per heavy atom. The highest BCUT2D eigenvalue weighted by molar-refractivity contribution is 5.96. The average molecular weight is 487 g/mol. The van der Waals surface area contributed by atoms with Crippen LogP contribution < -0.4 is 26.4 Å². The second-order valence-electron chi connectivity index (χ2n) is 7.99. The van der Waals surface area contributed by atoms with Gasteiger partial charge in [-0.2, -0.15) is 4.98 Å². The van der Waals surface area contributed by atoms with Crippen LogP contribution in [0, 0.1) is 13.8 Å². The Labute approximate surface area is 207 Å². The number of methoxy groups -OCH3 is 1. The fourth-order valence-electron chi connectivity index (χ4n) is 3.65. The van der Waals surface area contributed by atoms with Crippen molar-refractivity contribution < 1.29 is 14.3 Å². The van der Waals surface area contributed by atoms with Crippen LogP contribution in [0.5, 0.6) is 5.75 Å². The van der Waals surface area contributed by atoms with Crippen LogP contribution in [0.3, 0.4) is 0 Å². The maximum Gasteiger partial charge on any atom is 0.269 e. The summed E-state index contributed by atoms with van der Waals surface area (Å²) in [5.74, 6) is 0.873. The number of aryl methyl sites for hydroxylation is 2. The summed E-state index contributed by atoms with van der Waals surface area (Å²) >= 11 is 0. The molecule has 6 N–H and O–H groups in total. The van der Waals surface area contributed by atoms with Crippen molar-refractivity contribution in [1.29, 1.82) is 0 Å². The third-order valence-electron chi connectivity index (χ3n) is 5.57. The maximum atomic E-state index is 11.8. The van der Waals surface area contributed by atoms with E-state index in [4.69, 9.17) is 10.5 Å². The smallest absolute Gasteiger partial charge is 0.269 e. The number of carbonyl (C=O) groups excluding carboxylic acids is 2. The van der Waals surface area contributed by atoms with Crippen molar-refractivity contribution in [1.82, 2.24) is 25.3 Å². The van der Waals surface area contributed by atoms with E-state index in [1.807, 2.05) is 38.1 Å². The number of nitrogens with zero attached hydrogens (tertiary/aromatic N) is 3. The molecule has 4 aromatic rings. The van der Waals surface area contributed by atoms with Gasteiger partial charge in [0.1, 0.15) is 17.3 Å². The van der Waals surface area contributed by atoms with Gasteiger partial charge in [-0.15, -0.1) is 0 Å². The zero-order valence-electron chi connectivity index (χ0n) is 20.3. The Hall–Kier alpha value is -4.93. The third kappa shape index (κ3) is 4.94. The van der Waals surface area contributed by atoms with E-state index in [0.717, 1.165) is 22.3 Å². The number of hydrogen-bond acceptors (Lipinski definition) is 8. The number of H-pyrrole nitrogens is 1. The zero-order valence-corrected chi connectivity index (χ0v) is 20.3. The second-order valence-corrected chi connectivity index (χ2v) is 7.99. The van der Waals surface area contributed by atoms with Crippen molar-refractivity contribution in [3.05, 3.63) is 71.3 Å². The summed E-state index contributed by atoms with van der Waals surface area (Å²) in [6.45, 7) is 3.82. The van der Waals surface area contributed by atoms with Gasteiger partial charge < -0.3 is 31.4 Å². The number of amides is 2. The van der Waals surface area contributed by atoms with Crippen LogP contribution in [0.2, 0.25) is 0 Å². The number of carbonyl (C=O) groups is 2. The summed E-state index contributed by atoms with van der Waals surface area (Å²) in [6.07, 6.45) is 3.02. The molecule has 0 radical (unpaired) electrons. The van der Waals surface area contributed by atoms with Gasteiger partial charge >= 0.3 is 0 Å². The number of ether oxygens (including phenoxy) is 1. The number of anilines is 4. The predicted octanol–water partition coefficient (Wildman–Crippen LogP) is 3.44. The van der Waals surface area contributed by atoms with E-state index in [9.17, 15) is 9.59 Å². The zero-order chi connectivity index (χ0) is 25.8. The number of rotatable bonds is 8. The lowest BCUT2D eigenvalue weighted by molar-refractivity contribution is 0.0961. The van der Waals surface area contributed by atoms with Gasteiger partial charge in [0.25, 0.3) is 11.8 Å². The Kier molecular flexibility index (Phi) is 6.81. The summed E-state index contributed by atoms with van der Waals surface area (Å²) in [5, 5.41) is 8.84. The summed E-state index contributed by atoms with van der Waals surface area (Å²) < 4.78 is 5.63. The van der Waals surface area contributed by atoms with Crippen molar-refractivity contribution in [2.24, 2.45) is 5.73 Å². The summed E-state index contributed by atoms with van der Waals surface area (Å²) in [5.41, 5.74) is 10.4. The van der Waals surface area contributed by atoms with Crippen LogP contribution in [-0.2, 0) is 0 Å². The molecule has 0 aliphatic heterocycles. The first-order valence-corrected chi connectivity index (χ1v) is 11.0. The quantitative estimate of drug-likeness (QED) is 0.253. The lowest BCUT2D eigenvalue weighted by Gasteiger charge is -2.16. The first-order valence-electron chi connectivity index (χ1n) is 11.0. The van der Waals surface area contributed by atoms with Crippen LogP contribution in [0.1, 0.15) is 32.0 Å². The number of primary amides is 1. The highest BCUT2D eigenvalue weighted by atomic mass is 16.5. The van der Waals surface area contributed by atoms with E-state index in [-0.39, 0.29) is 17.4 Å². The van der Waals surface area contributed by atoms with Gasteiger partial charge in [-0.25, -0.2) is 9.97 Å². The molecule has 0 fully saturated rings. The van der Waals surface area contributed by atoms with Crippen molar-refractivity contribution in [2.75, 3.05) is 24.8 Å². The molecule has 0 aliphatic rings. The molecule has 2 heterocycles. The van der Waals surface area contributed by atoms with E-state index in [0.29, 0.717) is 28.8 Å². The Morgan fingerprint density at radius 2 is 1.75 bits per heavy atom. The van der Waals surface area contributed by atoms with Crippen LogP contribution in [0.25, 0.3) is 11.1 Å². The summed E-state index contributed by atoms with van der Waals surface area (Å²) in [4.78, 5) is 39.1. The monoisotopic (exact) mass is 486 g/mol. The molecule has 0 saturated carbocycles. The fourth-order valence-corrected chi connectivity index (χ4v) is 3.65. The fraction of sp³-hybridized carbons (Fsp3) is 0.160. The van der Waals surface area contributed by atoms with Gasteiger partial charge in [-0.3, -0.25) is 9.59 Å². The molecular formula is C25H26N8O3. The van der Waals surface area contributed by atoms with Gasteiger partial charge in [0.15, 0.2) is 5.82 Å². The number of aromatic amines is 1. The lowest BCUT2D eigenvalue weighted by Crippen LogP contribution is -2.17. The highest BCUT2D eigenvalue weighted by Gasteiger charge is 2.15. The molecule has 0 spiro atoms. The van der Waals surface area contributed by atoms with E-state index in [2.05, 4.69) is 35.9 Å². The molecule has 2 amide bonds. The van der Waals surface area contributed by atoms with E-state index < -0.39 is 5.91 Å². The SMILES string of the molecule is CNC(=O)c1ccc(-c2cc(OC)c(Nc3ncc(C)c(Nc4nc[nH]c4C(N)=O)n3)cc2C)cc1. The number of imidazole rings is 1. The molecule has 0 bridgehead atoms. The minimum absolute atomic E-state index is 0.138. The molecular weight excluding hydrogens is 460 g/mol. The molecule has 4 rings (SSSR count). The van der Waals surface area contributed by atoms with E-state index in [1.54, 1.807) is 32.5 Å². The van der Waals surface area contributed by atoms with Gasteiger partial charge in [-0.1, -0.05) is 12.1 Å². The van der Waals surface area contributed by atoms with Gasteiger partial charge in [-0.05, 0) is 54.8 Å². The second kappa shape index (κ2) is 10.1. The molecule has 0 atom stereocenters. The molecule has 184 valence electrons. The van der Waals surface area contributed by atoms with Crippen molar-refractivity contribution in [3.63, 3.8) is 0 Å². The van der Waals surface area contributed by atoms with E-state index in [1.165, 1.54) is 6.33 Å². The molecule has 0 saturated heterocycles. The van der Waals surface area contributed by atoms with Crippen LogP contribution >= 0.6 is 0 Å². The standard InChI is InChI=1S/C25H26N8O3/c1-13-9-18(19(36-4)10-17(13)15-5-7-16(8-6-15)24(35)27-3)31-25-28-11-14(2)22(33-25)32-23-20(21(26)34)29-12-30-23/h5-12H,1-4H3,(H2,26,34)(H,27,35)(H,29,30)(H2,28,31,32,33). The third-order valence-corrected chi connectivity index (χ3v) is 5.57. The highest BCUT2D eigenvalue weighted by Crippen LogP contribution is 2.35. The normalized spacial score (nSPS) is 10.6. The van der Waals surface area contributed by atoms with Crippen molar-refractivity contribution in [2.45, 2.75) is 13.8 Å². The summed E-state index contributed by atoms with van der Waals surface area (Å²) in [6, 6.07) is 11.2. The van der Waals surface area contributed by atoms with Crippen molar-refractivity contribution in [3.8, 4) is 16.9 Å². The first kappa shape index (κ1) is 24.2. The van der Waals surface area contributed by atoms with Crippen LogP contribution in [0.4, 0.5) is 23.3 Å². The molecule has 11 nitrogen and oxygen atoms in total. The van der Waals surface area contributed by atoms with Crippen molar-refractivity contribution >= 4 is 35.1 Å². The number of nitrogens with one attached hydrogen (secondary N) is 4. The van der Waals surface area contributed by atoms with Gasteiger partial charge in [0, 0.05) is 24.4 Å². The largest absolute Gasteiger partial charge is 0.495 e. The first-order chi connectivity index (χ1) is 17.3. The van der Waals surface area contributed by atoms with Gasteiger partial charge in [0.05, 0.1) is 19.1 Å². The molecule has 36 heavy (non-hydrogen) atoms. The number of aromatic nitrogens is 4. The minimum Gasteiger partial charge on any atom is -0.495 e. The number of nitrogens with two attached hydrogens (primary N) is 1. The Morgan fingerprint density at radius 1 is 1.00 bits per heavy atom. The number of hydrogen-bond donors (Lipinski definition) is 5. The van der Waals surface area contributed by atoms with Crippen LogP contribution in [-0.4, -0.2) is 45.9 Å². The average Bonchev–Trinajstić information content (AvgIpc) is 3.34. The molecule has 0 unspecified atom stereocenters. The Balaban J connectivity index is 1.62. The van der Waals surface area contributed by atoms with Crippen LogP contribution in [0.15, 0.2) is 48.9 Å². The number of benzene rings is 2. The molecule has 11 heteroatoms. The predicted molar refractivity (Wildman–Crippen MR) is 137 cm³/mol. The lowest BCUT2D eigenvalue weighted by atomic mass is 9.98. The molecule has 2 aromatic carbocycles. The Bertz CT molecular complexity index is 1430. The molecule has 0 aliphatic carbocycles. The molecule has 2 aromatic heterocycles. The minimum atomic E-state index is -0.636. The maximum absolute atomic E-state index is 11.8. The van der Waals surface area contributed by atoms with E-state index >= 15 is 0 Å².